The highest BCUT2D eigenvalue weighted by atomic mass is 16.3. The van der Waals surface area contributed by atoms with Crippen LogP contribution in [0.5, 0.6) is 0 Å². The van der Waals surface area contributed by atoms with Gasteiger partial charge in [-0.25, -0.2) is 0 Å². The number of hydrogen-bond acceptors (Lipinski definition) is 2. The van der Waals surface area contributed by atoms with Gasteiger partial charge in [0.15, 0.2) is 0 Å². The van der Waals surface area contributed by atoms with E-state index in [2.05, 4.69) is 183 Å². The van der Waals surface area contributed by atoms with Crippen LogP contribution in [-0.4, -0.2) is 0 Å². The Morgan fingerprint density at radius 3 is 1.67 bits per heavy atom. The molecule has 0 spiro atoms. The maximum atomic E-state index is 6.76. The van der Waals surface area contributed by atoms with Gasteiger partial charge in [0, 0.05) is 44.7 Å². The highest BCUT2D eigenvalue weighted by Crippen LogP contribution is 2.55. The molecular formula is C47H35NO. The average molecular weight is 630 g/mol. The first-order chi connectivity index (χ1) is 23.9. The zero-order valence-electron chi connectivity index (χ0n) is 27.9. The molecular weight excluding hydrogens is 595 g/mol. The molecule has 0 unspecified atom stereocenters. The van der Waals surface area contributed by atoms with Gasteiger partial charge in [0.05, 0.1) is 0 Å². The first-order valence-electron chi connectivity index (χ1n) is 17.2. The summed E-state index contributed by atoms with van der Waals surface area (Å²) < 4.78 is 6.76. The summed E-state index contributed by atoms with van der Waals surface area (Å²) in [5, 5.41) is 2.32. The molecule has 234 valence electrons. The van der Waals surface area contributed by atoms with Crippen LogP contribution in [0.2, 0.25) is 0 Å². The Morgan fingerprint density at radius 1 is 0.408 bits per heavy atom. The standard InChI is InChI=1S/C47H35NO/c1-46(2)38-19-10-7-16-33(38)36-26-24-31(28-42(36)46)48(30-14-5-4-6-15-30)32-25-27-37-44(29-32)49-43-23-13-22-41(45(37)43)47(3)39-20-11-8-17-34(39)35-18-9-12-21-40(35)47/h4-29H,1-3H3. The fourth-order valence-electron chi connectivity index (χ4n) is 8.97. The van der Waals surface area contributed by atoms with E-state index < -0.39 is 0 Å². The average Bonchev–Trinajstić information content (AvgIpc) is 3.73. The Hall–Kier alpha value is -5.86. The van der Waals surface area contributed by atoms with Gasteiger partial charge < -0.3 is 9.32 Å². The van der Waals surface area contributed by atoms with Crippen molar-refractivity contribution in [1.82, 2.24) is 0 Å². The monoisotopic (exact) mass is 629 g/mol. The summed E-state index contributed by atoms with van der Waals surface area (Å²) in [6.07, 6.45) is 0. The molecule has 0 amide bonds. The van der Waals surface area contributed by atoms with Crippen LogP contribution in [0.25, 0.3) is 44.2 Å². The molecule has 2 nitrogen and oxygen atoms in total. The lowest BCUT2D eigenvalue weighted by molar-refractivity contribution is 0.660. The van der Waals surface area contributed by atoms with Gasteiger partial charge in [-0.15, -0.1) is 0 Å². The smallest absolute Gasteiger partial charge is 0.137 e. The number of anilines is 3. The SMILES string of the molecule is CC1(C)c2ccccc2-c2ccc(N(c3ccccc3)c3ccc4c(c3)oc3cccc(C5(C)c6ccccc6-c6ccccc65)c34)cc21. The van der Waals surface area contributed by atoms with Crippen molar-refractivity contribution in [3.05, 3.63) is 186 Å². The normalized spacial score (nSPS) is 14.8. The Labute approximate surface area is 286 Å². The van der Waals surface area contributed by atoms with Crippen molar-refractivity contribution in [2.24, 2.45) is 0 Å². The van der Waals surface area contributed by atoms with Gasteiger partial charge in [-0.05, 0) is 99.5 Å². The number of fused-ring (bicyclic) bond motifs is 9. The van der Waals surface area contributed by atoms with Crippen molar-refractivity contribution in [2.75, 3.05) is 4.90 Å². The van der Waals surface area contributed by atoms with Gasteiger partial charge in [0.1, 0.15) is 11.2 Å². The molecule has 0 fully saturated rings. The highest BCUT2D eigenvalue weighted by molar-refractivity contribution is 6.09. The van der Waals surface area contributed by atoms with Crippen LogP contribution in [0.15, 0.2) is 162 Å². The van der Waals surface area contributed by atoms with Crippen molar-refractivity contribution in [2.45, 2.75) is 31.6 Å². The van der Waals surface area contributed by atoms with Gasteiger partial charge in [-0.2, -0.15) is 0 Å². The summed E-state index contributed by atoms with van der Waals surface area (Å²) >= 11 is 0. The number of rotatable bonds is 4. The molecule has 0 aliphatic heterocycles. The Morgan fingerprint density at radius 2 is 0.959 bits per heavy atom. The molecule has 49 heavy (non-hydrogen) atoms. The first-order valence-corrected chi connectivity index (χ1v) is 17.2. The van der Waals surface area contributed by atoms with E-state index in [0.29, 0.717) is 0 Å². The highest BCUT2D eigenvalue weighted by Gasteiger charge is 2.42. The fourth-order valence-corrected chi connectivity index (χ4v) is 8.97. The predicted molar refractivity (Wildman–Crippen MR) is 203 cm³/mol. The molecule has 2 aliphatic rings. The quantitative estimate of drug-likeness (QED) is 0.193. The first kappa shape index (κ1) is 28.2. The number of furan rings is 1. The third-order valence-electron chi connectivity index (χ3n) is 11.3. The minimum Gasteiger partial charge on any atom is -0.456 e. The lowest BCUT2D eigenvalue weighted by atomic mass is 9.73. The van der Waals surface area contributed by atoms with Crippen LogP contribution in [0.1, 0.15) is 48.6 Å². The van der Waals surface area contributed by atoms with E-state index >= 15 is 0 Å². The Bertz CT molecular complexity index is 2560. The molecule has 0 saturated carbocycles. The third kappa shape index (κ3) is 3.83. The second-order valence-electron chi connectivity index (χ2n) is 14.2. The molecule has 10 rings (SSSR count). The number of nitrogens with zero attached hydrogens (tertiary/aromatic N) is 1. The molecule has 7 aromatic carbocycles. The van der Waals surface area contributed by atoms with Gasteiger partial charge in [-0.1, -0.05) is 123 Å². The maximum Gasteiger partial charge on any atom is 0.137 e. The van der Waals surface area contributed by atoms with E-state index in [4.69, 9.17) is 4.42 Å². The summed E-state index contributed by atoms with van der Waals surface area (Å²) in [7, 11) is 0. The zero-order valence-corrected chi connectivity index (χ0v) is 27.9. The van der Waals surface area contributed by atoms with E-state index in [1.165, 1.54) is 55.5 Å². The number of para-hydroxylation sites is 1. The summed E-state index contributed by atoms with van der Waals surface area (Å²) in [6, 6.07) is 57.5. The van der Waals surface area contributed by atoms with Crippen LogP contribution in [0.4, 0.5) is 17.1 Å². The second-order valence-corrected chi connectivity index (χ2v) is 14.2. The topological polar surface area (TPSA) is 16.4 Å². The van der Waals surface area contributed by atoms with Crippen molar-refractivity contribution in [1.29, 1.82) is 0 Å². The molecule has 2 aliphatic carbocycles. The van der Waals surface area contributed by atoms with Crippen LogP contribution < -0.4 is 4.90 Å². The largest absolute Gasteiger partial charge is 0.456 e. The van der Waals surface area contributed by atoms with E-state index in [-0.39, 0.29) is 10.8 Å². The third-order valence-corrected chi connectivity index (χ3v) is 11.3. The van der Waals surface area contributed by atoms with Gasteiger partial charge >= 0.3 is 0 Å². The molecule has 0 bridgehead atoms. The minimum atomic E-state index is -0.312. The summed E-state index contributed by atoms with van der Waals surface area (Å²) in [4.78, 5) is 2.36. The molecule has 2 heteroatoms. The second kappa shape index (κ2) is 10.1. The lowest BCUT2D eigenvalue weighted by Crippen LogP contribution is -2.22. The predicted octanol–water partition coefficient (Wildman–Crippen LogP) is 12.7. The fraction of sp³-hybridized carbons (Fsp3) is 0.106. The van der Waals surface area contributed by atoms with E-state index in [9.17, 15) is 0 Å². The molecule has 0 radical (unpaired) electrons. The van der Waals surface area contributed by atoms with Crippen molar-refractivity contribution >= 4 is 39.0 Å². The van der Waals surface area contributed by atoms with E-state index in [0.717, 1.165) is 33.6 Å². The van der Waals surface area contributed by atoms with Crippen molar-refractivity contribution in [3.63, 3.8) is 0 Å². The minimum absolute atomic E-state index is 0.0863. The van der Waals surface area contributed by atoms with Crippen LogP contribution in [-0.2, 0) is 10.8 Å². The zero-order chi connectivity index (χ0) is 32.9. The summed E-state index contributed by atoms with van der Waals surface area (Å²) in [5.41, 5.74) is 16.7. The van der Waals surface area contributed by atoms with Gasteiger partial charge in [0.2, 0.25) is 0 Å². The van der Waals surface area contributed by atoms with E-state index in [1.807, 2.05) is 0 Å². The van der Waals surface area contributed by atoms with Crippen molar-refractivity contribution < 1.29 is 4.42 Å². The molecule has 1 heterocycles. The van der Waals surface area contributed by atoms with Crippen molar-refractivity contribution in [3.8, 4) is 22.3 Å². The molecule has 0 saturated heterocycles. The summed E-state index contributed by atoms with van der Waals surface area (Å²) in [6.45, 7) is 7.06. The van der Waals surface area contributed by atoms with Gasteiger partial charge in [-0.3, -0.25) is 0 Å². The molecule has 8 aromatic rings. The number of benzene rings is 7. The van der Waals surface area contributed by atoms with Crippen LogP contribution in [0, 0.1) is 0 Å². The van der Waals surface area contributed by atoms with Crippen LogP contribution >= 0.6 is 0 Å². The molecule has 0 N–H and O–H groups in total. The summed E-state index contributed by atoms with van der Waals surface area (Å²) in [5.74, 6) is 0. The Balaban J connectivity index is 1.16. The van der Waals surface area contributed by atoms with Crippen LogP contribution in [0.3, 0.4) is 0 Å². The maximum absolute atomic E-state index is 6.76. The molecule has 0 atom stereocenters. The van der Waals surface area contributed by atoms with Gasteiger partial charge in [0.25, 0.3) is 0 Å². The lowest BCUT2D eigenvalue weighted by Gasteiger charge is -2.29. The molecule has 1 aromatic heterocycles. The van der Waals surface area contributed by atoms with E-state index in [1.54, 1.807) is 0 Å². The Kier molecular flexibility index (Phi) is 5.79. The number of hydrogen-bond donors (Lipinski definition) is 0.